The van der Waals surface area contributed by atoms with Crippen molar-refractivity contribution in [2.45, 2.75) is 12.6 Å². The molecule has 1 aromatic carbocycles. The molecule has 26 heavy (non-hydrogen) atoms. The number of aromatic nitrogens is 2. The molecule has 0 fully saturated rings. The largest absolute Gasteiger partial charge is 0.497 e. The maximum Gasteiger partial charge on any atom is 0.433 e. The second kappa shape index (κ2) is 8.56. The average Bonchev–Trinajstić information content (AvgIpc) is 2.61. The first kappa shape index (κ1) is 19.6. The first-order valence-corrected chi connectivity index (χ1v) is 7.67. The molecule has 10 heteroatoms. The fourth-order valence-corrected chi connectivity index (χ4v) is 2.05. The molecular weight excluding hydrogens is 353 g/mol. The lowest BCUT2D eigenvalue weighted by molar-refractivity contribution is -0.141. The minimum absolute atomic E-state index is 0.0534. The molecule has 0 amide bonds. The molecule has 0 unspecified atom stereocenters. The molecule has 2 aromatic rings. The number of methoxy groups -OCH3 is 2. The van der Waals surface area contributed by atoms with Gasteiger partial charge in [-0.2, -0.15) is 18.2 Å². The maximum absolute atomic E-state index is 13.1. The highest BCUT2D eigenvalue weighted by atomic mass is 19.4. The van der Waals surface area contributed by atoms with Crippen LogP contribution in [0, 0.1) is 0 Å². The van der Waals surface area contributed by atoms with Crippen LogP contribution in [-0.2, 0) is 6.18 Å². The molecule has 0 radical (unpaired) electrons. The average molecular weight is 372 g/mol. The summed E-state index contributed by atoms with van der Waals surface area (Å²) in [7, 11) is 2.93. The van der Waals surface area contributed by atoms with Gasteiger partial charge in [0, 0.05) is 25.3 Å². The Balaban J connectivity index is 2.34. The van der Waals surface area contributed by atoms with Gasteiger partial charge in [0.25, 0.3) is 0 Å². The van der Waals surface area contributed by atoms with E-state index >= 15 is 0 Å². The molecule has 0 saturated heterocycles. The highest BCUT2D eigenvalue weighted by molar-refractivity contribution is 5.66. The van der Waals surface area contributed by atoms with Gasteiger partial charge in [-0.1, -0.05) is 0 Å². The summed E-state index contributed by atoms with van der Waals surface area (Å²) in [6, 6.07) is 5.64. The van der Waals surface area contributed by atoms with Gasteiger partial charge in [-0.05, 0) is 18.6 Å². The second-order valence-electron chi connectivity index (χ2n) is 5.15. The zero-order chi connectivity index (χ0) is 19.2. The van der Waals surface area contributed by atoms with E-state index in [0.29, 0.717) is 23.6 Å². The molecule has 3 N–H and O–H groups in total. The number of rotatable bonds is 8. The fourth-order valence-electron chi connectivity index (χ4n) is 2.05. The highest BCUT2D eigenvalue weighted by Gasteiger charge is 2.33. The molecule has 0 saturated carbocycles. The molecule has 142 valence electrons. The topological polar surface area (TPSA) is 88.5 Å². The van der Waals surface area contributed by atoms with Crippen molar-refractivity contribution in [3.63, 3.8) is 0 Å². The summed E-state index contributed by atoms with van der Waals surface area (Å²) in [4.78, 5) is 7.50. The van der Waals surface area contributed by atoms with Gasteiger partial charge in [0.15, 0.2) is 5.69 Å². The number of ether oxygens (including phenoxy) is 2. The molecule has 2 rings (SSSR count). The van der Waals surface area contributed by atoms with Crippen molar-refractivity contribution < 1.29 is 27.8 Å². The van der Waals surface area contributed by atoms with E-state index in [9.17, 15) is 13.2 Å². The zero-order valence-electron chi connectivity index (χ0n) is 14.2. The molecule has 1 heterocycles. The number of aliphatic hydroxyl groups is 1. The summed E-state index contributed by atoms with van der Waals surface area (Å²) >= 11 is 0. The minimum atomic E-state index is -4.63. The molecule has 0 spiro atoms. The van der Waals surface area contributed by atoms with Crippen LogP contribution >= 0.6 is 0 Å². The Morgan fingerprint density at radius 2 is 1.88 bits per heavy atom. The predicted octanol–water partition coefficient (Wildman–Crippen LogP) is 3.05. The lowest BCUT2D eigenvalue weighted by Gasteiger charge is -2.15. The van der Waals surface area contributed by atoms with Crippen LogP contribution in [0.25, 0.3) is 0 Å². The fraction of sp³-hybridized carbons (Fsp3) is 0.375. The summed E-state index contributed by atoms with van der Waals surface area (Å²) in [5.41, 5.74) is -0.671. The summed E-state index contributed by atoms with van der Waals surface area (Å²) in [5, 5.41) is 14.2. The minimum Gasteiger partial charge on any atom is -0.497 e. The SMILES string of the molecule is COc1ccc(Nc2cc(C(F)(F)F)nc(NCCCO)n2)c(OC)c1. The van der Waals surface area contributed by atoms with Gasteiger partial charge in [-0.3, -0.25) is 0 Å². The number of nitrogens with zero attached hydrogens (tertiary/aromatic N) is 2. The van der Waals surface area contributed by atoms with Gasteiger partial charge in [0.05, 0.1) is 19.9 Å². The van der Waals surface area contributed by atoms with Crippen molar-refractivity contribution in [2.75, 3.05) is 38.0 Å². The van der Waals surface area contributed by atoms with Crippen LogP contribution in [0.4, 0.5) is 30.6 Å². The standard InChI is InChI=1S/C16H19F3N4O3/c1-25-10-4-5-11(12(8-10)26-2)21-14-9-13(16(17,18)19)22-15(23-14)20-6-3-7-24/h4-5,8-9,24H,3,6-7H2,1-2H3,(H2,20,21,22,23). The zero-order valence-corrected chi connectivity index (χ0v) is 14.2. The van der Waals surface area contributed by atoms with Gasteiger partial charge < -0.3 is 25.2 Å². The first-order valence-electron chi connectivity index (χ1n) is 7.67. The number of hydrogen-bond acceptors (Lipinski definition) is 7. The number of hydrogen-bond donors (Lipinski definition) is 3. The van der Waals surface area contributed by atoms with E-state index in [2.05, 4.69) is 20.6 Å². The summed E-state index contributed by atoms with van der Waals surface area (Å²) in [5.74, 6) is 0.675. The normalized spacial score (nSPS) is 11.2. The van der Waals surface area contributed by atoms with E-state index in [4.69, 9.17) is 14.6 Å². The lowest BCUT2D eigenvalue weighted by Crippen LogP contribution is -2.14. The molecular formula is C16H19F3N4O3. The van der Waals surface area contributed by atoms with Crippen LogP contribution in [0.5, 0.6) is 11.5 Å². The van der Waals surface area contributed by atoms with Crippen molar-refractivity contribution in [3.05, 3.63) is 30.0 Å². The Labute approximate surface area is 148 Å². The smallest absolute Gasteiger partial charge is 0.433 e. The van der Waals surface area contributed by atoms with Crippen molar-refractivity contribution in [1.82, 2.24) is 9.97 Å². The number of alkyl halides is 3. The second-order valence-corrected chi connectivity index (χ2v) is 5.15. The predicted molar refractivity (Wildman–Crippen MR) is 90.1 cm³/mol. The molecule has 0 bridgehead atoms. The van der Waals surface area contributed by atoms with E-state index in [1.807, 2.05) is 0 Å². The molecule has 0 aliphatic rings. The molecule has 0 aliphatic carbocycles. The van der Waals surface area contributed by atoms with Crippen LogP contribution in [0.15, 0.2) is 24.3 Å². The maximum atomic E-state index is 13.1. The van der Waals surface area contributed by atoms with Gasteiger partial charge in [0.1, 0.15) is 17.3 Å². The Kier molecular flexibility index (Phi) is 6.45. The third kappa shape index (κ3) is 5.12. The van der Waals surface area contributed by atoms with Crippen LogP contribution in [0.1, 0.15) is 12.1 Å². The first-order chi connectivity index (χ1) is 12.4. The van der Waals surface area contributed by atoms with Crippen molar-refractivity contribution >= 4 is 17.5 Å². The van der Waals surface area contributed by atoms with Gasteiger partial charge >= 0.3 is 6.18 Å². The van der Waals surface area contributed by atoms with Crippen molar-refractivity contribution in [1.29, 1.82) is 0 Å². The quantitative estimate of drug-likeness (QED) is 0.614. The monoisotopic (exact) mass is 372 g/mol. The third-order valence-electron chi connectivity index (χ3n) is 3.31. The lowest BCUT2D eigenvalue weighted by atomic mass is 10.2. The summed E-state index contributed by atoms with van der Waals surface area (Å²) in [6.07, 6.45) is -4.27. The molecule has 1 aromatic heterocycles. The van der Waals surface area contributed by atoms with Crippen molar-refractivity contribution in [2.24, 2.45) is 0 Å². The number of nitrogens with one attached hydrogen (secondary N) is 2. The van der Waals surface area contributed by atoms with Gasteiger partial charge in [0.2, 0.25) is 5.95 Å². The number of benzene rings is 1. The number of aliphatic hydroxyl groups excluding tert-OH is 1. The third-order valence-corrected chi connectivity index (χ3v) is 3.31. The molecule has 0 aliphatic heterocycles. The number of anilines is 3. The van der Waals surface area contributed by atoms with E-state index in [1.165, 1.54) is 14.2 Å². The van der Waals surface area contributed by atoms with E-state index in [1.54, 1.807) is 18.2 Å². The van der Waals surface area contributed by atoms with Crippen LogP contribution in [-0.4, -0.2) is 42.4 Å². The Hall–Kier alpha value is -2.75. The molecule has 0 atom stereocenters. The highest BCUT2D eigenvalue weighted by Crippen LogP contribution is 2.33. The molecule has 7 nitrogen and oxygen atoms in total. The van der Waals surface area contributed by atoms with Crippen LogP contribution in [0.3, 0.4) is 0 Å². The van der Waals surface area contributed by atoms with Crippen LogP contribution < -0.4 is 20.1 Å². The van der Waals surface area contributed by atoms with Crippen LogP contribution in [0.2, 0.25) is 0 Å². The van der Waals surface area contributed by atoms with Crippen molar-refractivity contribution in [3.8, 4) is 11.5 Å². The summed E-state index contributed by atoms with van der Waals surface area (Å²) in [6.45, 7) is 0.142. The summed E-state index contributed by atoms with van der Waals surface area (Å²) < 4.78 is 49.6. The van der Waals surface area contributed by atoms with Gasteiger partial charge in [-0.15, -0.1) is 0 Å². The Morgan fingerprint density at radius 3 is 2.50 bits per heavy atom. The Bertz CT molecular complexity index is 741. The van der Waals surface area contributed by atoms with Gasteiger partial charge in [-0.25, -0.2) is 4.98 Å². The Morgan fingerprint density at radius 1 is 1.12 bits per heavy atom. The van der Waals surface area contributed by atoms with E-state index in [0.717, 1.165) is 6.07 Å². The number of halogens is 3. The van der Waals surface area contributed by atoms with E-state index in [-0.39, 0.29) is 24.9 Å². The van der Waals surface area contributed by atoms with E-state index < -0.39 is 11.9 Å².